The molecule has 0 saturated carbocycles. The first-order valence-corrected chi connectivity index (χ1v) is 12.5. The Morgan fingerprint density at radius 1 is 1.12 bits per heavy atom. The van der Waals surface area contributed by atoms with Crippen LogP contribution in [-0.4, -0.2) is 27.0 Å². The number of nitrogens with one attached hydrogen (secondary N) is 1. The van der Waals surface area contributed by atoms with Gasteiger partial charge in [0.25, 0.3) is 5.91 Å². The van der Waals surface area contributed by atoms with E-state index in [4.69, 9.17) is 9.83 Å². The maximum atomic E-state index is 12.6. The molecule has 0 radical (unpaired) electrons. The number of benzene rings is 1. The van der Waals surface area contributed by atoms with E-state index in [0.717, 1.165) is 27.9 Å². The summed E-state index contributed by atoms with van der Waals surface area (Å²) in [5.41, 5.74) is 1.39. The van der Waals surface area contributed by atoms with Gasteiger partial charge < -0.3 is 4.42 Å². The second-order valence-corrected chi connectivity index (χ2v) is 9.87. The number of amidine groups is 2. The molecule has 0 atom stereocenters. The molecular formula is C24H26N4O2S2. The third-order valence-electron chi connectivity index (χ3n) is 5.12. The maximum Gasteiger partial charge on any atom is 0.283 e. The minimum Gasteiger partial charge on any atom is -0.450 e. The number of aliphatic imine (C=N–C) groups is 1. The molecule has 1 aromatic heterocycles. The summed E-state index contributed by atoms with van der Waals surface area (Å²) in [5, 5.41) is 16.6. The van der Waals surface area contributed by atoms with Gasteiger partial charge in [0.2, 0.25) is 5.17 Å². The molecule has 0 bridgehead atoms. The van der Waals surface area contributed by atoms with Gasteiger partial charge in [-0.1, -0.05) is 62.1 Å². The monoisotopic (exact) mass is 466 g/mol. The summed E-state index contributed by atoms with van der Waals surface area (Å²) < 4.78 is 5.86. The molecule has 2 aliphatic rings. The van der Waals surface area contributed by atoms with Crippen LogP contribution in [0.2, 0.25) is 0 Å². The van der Waals surface area contributed by atoms with Crippen LogP contribution < -0.4 is 0 Å². The Kier molecular flexibility index (Phi) is 7.32. The van der Waals surface area contributed by atoms with Crippen molar-refractivity contribution in [3.8, 4) is 0 Å². The van der Waals surface area contributed by atoms with Crippen molar-refractivity contribution in [3.05, 3.63) is 53.3 Å². The molecule has 6 nitrogen and oxygen atoms in total. The van der Waals surface area contributed by atoms with Gasteiger partial charge in [-0.05, 0) is 61.9 Å². The predicted octanol–water partition coefficient (Wildman–Crippen LogP) is 6.72. The summed E-state index contributed by atoms with van der Waals surface area (Å²) in [6.07, 6.45) is 8.36. The second kappa shape index (κ2) is 10.4. The zero-order chi connectivity index (χ0) is 22.5. The van der Waals surface area contributed by atoms with Crippen molar-refractivity contribution >= 4 is 51.6 Å². The van der Waals surface area contributed by atoms with Gasteiger partial charge in [0.05, 0.1) is 5.57 Å². The first-order valence-electron chi connectivity index (χ1n) is 10.9. The van der Waals surface area contributed by atoms with Gasteiger partial charge in [-0.2, -0.15) is 15.1 Å². The number of furan rings is 1. The van der Waals surface area contributed by atoms with E-state index < -0.39 is 5.91 Å². The van der Waals surface area contributed by atoms with Crippen LogP contribution in [0.4, 0.5) is 0 Å². The summed E-state index contributed by atoms with van der Waals surface area (Å²) in [5.74, 6) is 0.119. The third-order valence-corrected chi connectivity index (χ3v) is 7.02. The lowest BCUT2D eigenvalue weighted by Gasteiger charge is -2.19. The number of fused-ring (bicyclic) bond motifs is 1. The third kappa shape index (κ3) is 5.42. The van der Waals surface area contributed by atoms with Crippen molar-refractivity contribution in [2.75, 3.05) is 0 Å². The molecule has 0 aliphatic carbocycles. The summed E-state index contributed by atoms with van der Waals surface area (Å²) in [6.45, 7) is 4.25. The van der Waals surface area contributed by atoms with Gasteiger partial charge in [-0.15, -0.1) is 0 Å². The van der Waals surface area contributed by atoms with Crippen LogP contribution in [0.5, 0.6) is 0 Å². The Labute approximate surface area is 196 Å². The van der Waals surface area contributed by atoms with Crippen molar-refractivity contribution in [1.29, 1.82) is 5.41 Å². The Morgan fingerprint density at radius 2 is 1.91 bits per heavy atom. The van der Waals surface area contributed by atoms with Crippen LogP contribution in [0.15, 0.2) is 66.5 Å². The highest BCUT2D eigenvalue weighted by Crippen LogP contribution is 2.32. The van der Waals surface area contributed by atoms with Crippen molar-refractivity contribution in [2.24, 2.45) is 10.1 Å². The zero-order valence-corrected chi connectivity index (χ0v) is 19.9. The molecule has 166 valence electrons. The molecule has 0 spiro atoms. The topological polar surface area (TPSA) is 82.0 Å². The van der Waals surface area contributed by atoms with E-state index in [1.54, 1.807) is 12.1 Å². The number of unbranched alkanes of at least 4 members (excludes halogenated alkanes) is 4. The zero-order valence-electron chi connectivity index (χ0n) is 18.3. The Bertz CT molecular complexity index is 1100. The predicted molar refractivity (Wildman–Crippen MR) is 132 cm³/mol. The van der Waals surface area contributed by atoms with E-state index in [2.05, 4.69) is 36.1 Å². The minimum absolute atomic E-state index is 0.0395. The van der Waals surface area contributed by atoms with Crippen LogP contribution in [-0.2, 0) is 4.79 Å². The molecule has 1 aromatic carbocycles. The van der Waals surface area contributed by atoms with Crippen molar-refractivity contribution in [2.45, 2.75) is 62.4 Å². The molecule has 2 aliphatic heterocycles. The fraction of sp³-hybridized carbons (Fsp3) is 0.333. The molecule has 2 aromatic rings. The van der Waals surface area contributed by atoms with Gasteiger partial charge in [0, 0.05) is 4.90 Å². The first kappa shape index (κ1) is 22.6. The Morgan fingerprint density at radius 3 is 2.69 bits per heavy atom. The van der Waals surface area contributed by atoms with E-state index in [-0.39, 0.29) is 11.4 Å². The van der Waals surface area contributed by atoms with Crippen LogP contribution in [0.3, 0.4) is 0 Å². The Hall–Kier alpha value is -2.58. The largest absolute Gasteiger partial charge is 0.450 e. The molecule has 4 rings (SSSR count). The number of nitrogens with zero attached hydrogens (tertiary/aromatic N) is 3. The molecule has 32 heavy (non-hydrogen) atoms. The summed E-state index contributed by atoms with van der Waals surface area (Å²) in [7, 11) is 0. The summed E-state index contributed by atoms with van der Waals surface area (Å²) in [6, 6.07) is 11.9. The minimum atomic E-state index is -0.433. The van der Waals surface area contributed by atoms with Gasteiger partial charge >= 0.3 is 0 Å². The fourth-order valence-corrected chi connectivity index (χ4v) is 5.05. The van der Waals surface area contributed by atoms with Crippen LogP contribution in [0.1, 0.15) is 56.8 Å². The number of hydrogen-bond donors (Lipinski definition) is 1. The molecule has 3 heterocycles. The lowest BCUT2D eigenvalue weighted by molar-refractivity contribution is -0.114. The number of hydrazone groups is 1. The molecule has 1 amide bonds. The van der Waals surface area contributed by atoms with Crippen LogP contribution >= 0.6 is 23.5 Å². The number of carbonyl (C=O) groups is 1. The highest BCUT2D eigenvalue weighted by molar-refractivity contribution is 8.26. The molecule has 0 saturated heterocycles. The summed E-state index contributed by atoms with van der Waals surface area (Å²) >= 11 is 2.90. The van der Waals surface area contributed by atoms with Crippen molar-refractivity contribution < 1.29 is 9.21 Å². The van der Waals surface area contributed by atoms with E-state index in [1.165, 1.54) is 59.8 Å². The first-order chi connectivity index (χ1) is 15.5. The molecule has 1 N–H and O–H groups in total. The number of aryl methyl sites for hydroxylation is 1. The number of amides is 1. The lowest BCUT2D eigenvalue weighted by atomic mass is 10.1. The number of rotatable bonds is 9. The average Bonchev–Trinajstić information content (AvgIpc) is 3.39. The van der Waals surface area contributed by atoms with Gasteiger partial charge in [0.15, 0.2) is 10.9 Å². The van der Waals surface area contributed by atoms with Gasteiger partial charge in [-0.3, -0.25) is 10.2 Å². The fourth-order valence-electron chi connectivity index (χ4n) is 3.34. The van der Waals surface area contributed by atoms with Gasteiger partial charge in [0.1, 0.15) is 10.8 Å². The average molecular weight is 467 g/mol. The summed E-state index contributed by atoms with van der Waals surface area (Å²) in [4.78, 5) is 17.8. The number of carbonyl (C=O) groups excluding carboxylic acids is 1. The molecule has 0 fully saturated rings. The number of thioether (sulfide) groups is 1. The van der Waals surface area contributed by atoms with Crippen LogP contribution in [0.25, 0.3) is 6.08 Å². The maximum absolute atomic E-state index is 12.6. The molecule has 0 unspecified atom stereocenters. The second-order valence-electron chi connectivity index (χ2n) is 7.75. The molecular weight excluding hydrogens is 440 g/mol. The van der Waals surface area contributed by atoms with E-state index in [9.17, 15) is 4.79 Å². The smallest absolute Gasteiger partial charge is 0.283 e. The Balaban J connectivity index is 1.43. The highest BCUT2D eigenvalue weighted by atomic mass is 32.2. The molecule has 8 heteroatoms. The normalized spacial score (nSPS) is 17.1. The van der Waals surface area contributed by atoms with E-state index in [1.807, 2.05) is 18.2 Å². The van der Waals surface area contributed by atoms with Crippen molar-refractivity contribution in [1.82, 2.24) is 5.01 Å². The quantitative estimate of drug-likeness (QED) is 0.328. The highest BCUT2D eigenvalue weighted by Gasteiger charge is 2.35. The van der Waals surface area contributed by atoms with Crippen LogP contribution in [0, 0.1) is 12.3 Å². The van der Waals surface area contributed by atoms with Crippen molar-refractivity contribution in [3.63, 3.8) is 0 Å². The van der Waals surface area contributed by atoms with E-state index in [0.29, 0.717) is 10.9 Å². The van der Waals surface area contributed by atoms with Gasteiger partial charge in [-0.25, -0.2) is 0 Å². The SMILES string of the molecule is CCCCCCCC1=NN2C(=N)C(=Cc3ccc(Sc4ccc(C)cc4)o3)C(=O)N=C2S1. The lowest BCUT2D eigenvalue weighted by Crippen LogP contribution is -2.35. The standard InChI is InChI=1S/C24H26N4O2S2/c1-3-4-5-6-7-8-20-27-28-22(25)19(23(29)26-24(28)32-20)15-17-11-14-21(30-17)31-18-12-9-16(2)10-13-18/h9-15,25H,3-8H2,1-2H3. The number of hydrogen-bond acceptors (Lipinski definition) is 6. The van der Waals surface area contributed by atoms with E-state index >= 15 is 0 Å².